The van der Waals surface area contributed by atoms with Crippen LogP contribution in [0.1, 0.15) is 60.3 Å². The number of aromatic nitrogens is 3. The fourth-order valence-electron chi connectivity index (χ4n) is 3.85. The normalized spacial score (nSPS) is 16.2. The van der Waals surface area contributed by atoms with Crippen molar-refractivity contribution in [3.05, 3.63) is 47.3 Å². The van der Waals surface area contributed by atoms with Crippen LogP contribution in [-0.2, 0) is 24.2 Å². The zero-order chi connectivity index (χ0) is 19.7. The lowest BCUT2D eigenvalue weighted by Crippen LogP contribution is -2.37. The summed E-state index contributed by atoms with van der Waals surface area (Å²) in [5.41, 5.74) is 3.10. The number of amides is 2. The van der Waals surface area contributed by atoms with Gasteiger partial charge in [0.1, 0.15) is 0 Å². The average molecular weight is 381 g/mol. The highest BCUT2D eigenvalue weighted by atomic mass is 16.2. The molecule has 0 atom stereocenters. The molecule has 0 bridgehead atoms. The minimum Gasteiger partial charge on any atom is -0.349 e. The summed E-state index contributed by atoms with van der Waals surface area (Å²) >= 11 is 0. The van der Waals surface area contributed by atoms with Crippen molar-refractivity contribution >= 4 is 11.8 Å². The second kappa shape index (κ2) is 7.73. The Balaban J connectivity index is 1.47. The summed E-state index contributed by atoms with van der Waals surface area (Å²) in [4.78, 5) is 35.8. The third kappa shape index (κ3) is 3.79. The van der Waals surface area contributed by atoms with Crippen LogP contribution in [0, 0.1) is 5.92 Å². The molecule has 1 aliphatic carbocycles. The highest BCUT2D eigenvalue weighted by Crippen LogP contribution is 2.33. The van der Waals surface area contributed by atoms with Crippen LogP contribution in [-0.4, -0.2) is 44.3 Å². The Labute approximate surface area is 165 Å². The van der Waals surface area contributed by atoms with Crippen LogP contribution in [0.25, 0.3) is 0 Å². The summed E-state index contributed by atoms with van der Waals surface area (Å²) in [6.45, 7) is 5.91. The molecule has 0 unspecified atom stereocenters. The van der Waals surface area contributed by atoms with Crippen LogP contribution >= 0.6 is 0 Å². The van der Waals surface area contributed by atoms with E-state index in [9.17, 15) is 9.59 Å². The van der Waals surface area contributed by atoms with E-state index < -0.39 is 0 Å². The largest absolute Gasteiger partial charge is 0.349 e. The first-order chi connectivity index (χ1) is 13.5. The molecule has 1 aliphatic heterocycles. The molecule has 0 spiro atoms. The average Bonchev–Trinajstić information content (AvgIpc) is 3.47. The van der Waals surface area contributed by atoms with Gasteiger partial charge in [-0.15, -0.1) is 0 Å². The van der Waals surface area contributed by atoms with Crippen molar-refractivity contribution in [2.24, 2.45) is 5.92 Å². The molecule has 7 nitrogen and oxygen atoms in total. The van der Waals surface area contributed by atoms with Gasteiger partial charge in [-0.05, 0) is 50.8 Å². The van der Waals surface area contributed by atoms with Gasteiger partial charge in [-0.25, -0.2) is 4.98 Å². The Morgan fingerprint density at radius 3 is 2.68 bits per heavy atom. The van der Waals surface area contributed by atoms with Gasteiger partial charge in [0.15, 0.2) is 5.82 Å². The zero-order valence-corrected chi connectivity index (χ0v) is 16.5. The highest BCUT2D eigenvalue weighted by molar-refractivity contribution is 5.91. The Hall–Kier alpha value is -2.70. The summed E-state index contributed by atoms with van der Waals surface area (Å²) in [6.07, 6.45) is 7.03. The van der Waals surface area contributed by atoms with Crippen LogP contribution in [0.3, 0.4) is 0 Å². The number of hydrogen-bond acceptors (Lipinski definition) is 4. The molecule has 3 heterocycles. The lowest BCUT2D eigenvalue weighted by Gasteiger charge is -2.28. The first-order valence-electron chi connectivity index (χ1n) is 10.1. The third-order valence-corrected chi connectivity index (χ3v) is 5.46. The number of imidazole rings is 1. The molecule has 7 heteroatoms. The summed E-state index contributed by atoms with van der Waals surface area (Å²) in [7, 11) is 0. The van der Waals surface area contributed by atoms with Crippen molar-refractivity contribution in [3.8, 4) is 0 Å². The first-order valence-corrected chi connectivity index (χ1v) is 10.1. The predicted octanol–water partition coefficient (Wildman–Crippen LogP) is 2.13. The molecular formula is C21H27N5O2. The molecule has 1 fully saturated rings. The molecule has 4 rings (SSSR count). The van der Waals surface area contributed by atoms with E-state index in [1.165, 1.54) is 0 Å². The van der Waals surface area contributed by atoms with Gasteiger partial charge < -0.3 is 14.8 Å². The molecule has 2 aromatic rings. The number of nitrogens with one attached hydrogen (secondary N) is 1. The van der Waals surface area contributed by atoms with Gasteiger partial charge in [0.2, 0.25) is 5.91 Å². The van der Waals surface area contributed by atoms with E-state index in [-0.39, 0.29) is 23.8 Å². The van der Waals surface area contributed by atoms with Gasteiger partial charge in [0, 0.05) is 49.6 Å². The van der Waals surface area contributed by atoms with Crippen LogP contribution < -0.4 is 5.32 Å². The molecule has 148 valence electrons. The molecule has 2 amide bonds. The molecular weight excluding hydrogens is 354 g/mol. The fourth-order valence-corrected chi connectivity index (χ4v) is 3.85. The quantitative estimate of drug-likeness (QED) is 0.831. The van der Waals surface area contributed by atoms with E-state index >= 15 is 0 Å². The number of rotatable bonds is 6. The van der Waals surface area contributed by atoms with Crippen molar-refractivity contribution in [2.75, 3.05) is 13.1 Å². The van der Waals surface area contributed by atoms with Crippen LogP contribution in [0.4, 0.5) is 0 Å². The van der Waals surface area contributed by atoms with Crippen LogP contribution in [0.15, 0.2) is 24.5 Å². The monoisotopic (exact) mass is 381 g/mol. The first kappa shape index (κ1) is 18.7. The van der Waals surface area contributed by atoms with E-state index in [0.29, 0.717) is 25.5 Å². The standard InChI is InChI=1S/C21H27N5O2/c1-14(2)26-18-8-12-25(21(28)16-3-4-16)13-17(18)24-19(26)20(27)23-11-7-15-5-9-22-10-6-15/h5-6,9-10,14,16H,3-4,7-8,11-13H2,1-2H3,(H,23,27). The predicted molar refractivity (Wildman–Crippen MR) is 105 cm³/mol. The van der Waals surface area contributed by atoms with Crippen LogP contribution in [0.2, 0.25) is 0 Å². The van der Waals surface area contributed by atoms with Gasteiger partial charge in [0.05, 0.1) is 12.2 Å². The Morgan fingerprint density at radius 2 is 2.00 bits per heavy atom. The summed E-state index contributed by atoms with van der Waals surface area (Å²) in [5.74, 6) is 0.755. The highest BCUT2D eigenvalue weighted by Gasteiger charge is 2.36. The topological polar surface area (TPSA) is 80.1 Å². The van der Waals surface area contributed by atoms with E-state index in [4.69, 9.17) is 0 Å². The van der Waals surface area contributed by atoms with E-state index in [2.05, 4.69) is 29.1 Å². The summed E-state index contributed by atoms with van der Waals surface area (Å²) in [5, 5.41) is 2.99. The molecule has 2 aliphatic rings. The van der Waals surface area contributed by atoms with E-state index in [1.54, 1.807) is 12.4 Å². The maximum absolute atomic E-state index is 12.8. The lowest BCUT2D eigenvalue weighted by molar-refractivity contribution is -0.133. The molecule has 1 N–H and O–H groups in total. The Morgan fingerprint density at radius 1 is 1.25 bits per heavy atom. The number of hydrogen-bond donors (Lipinski definition) is 1. The second-order valence-electron chi connectivity index (χ2n) is 7.94. The SMILES string of the molecule is CC(C)n1c(C(=O)NCCc2ccncc2)nc2c1CCN(C(=O)C1CC1)C2. The van der Waals surface area contributed by atoms with Gasteiger partial charge in [0.25, 0.3) is 5.91 Å². The molecule has 0 saturated heterocycles. The third-order valence-electron chi connectivity index (χ3n) is 5.46. The molecule has 1 saturated carbocycles. The van der Waals surface area contributed by atoms with Gasteiger partial charge in [-0.1, -0.05) is 0 Å². The van der Waals surface area contributed by atoms with Gasteiger partial charge in [-0.3, -0.25) is 14.6 Å². The minimum absolute atomic E-state index is 0.142. The van der Waals surface area contributed by atoms with Crippen molar-refractivity contribution < 1.29 is 9.59 Å². The Kier molecular flexibility index (Phi) is 5.15. The zero-order valence-electron chi connectivity index (χ0n) is 16.5. The smallest absolute Gasteiger partial charge is 0.287 e. The minimum atomic E-state index is -0.155. The van der Waals surface area contributed by atoms with E-state index in [0.717, 1.165) is 42.6 Å². The molecule has 2 aromatic heterocycles. The van der Waals surface area contributed by atoms with E-state index in [1.807, 2.05) is 21.6 Å². The second-order valence-corrected chi connectivity index (χ2v) is 7.94. The summed E-state index contributed by atoms with van der Waals surface area (Å²) < 4.78 is 2.04. The van der Waals surface area contributed by atoms with Gasteiger partial charge in [-0.2, -0.15) is 0 Å². The molecule has 0 aromatic carbocycles. The number of fused-ring (bicyclic) bond motifs is 1. The van der Waals surface area contributed by atoms with Crippen molar-refractivity contribution in [1.82, 2.24) is 24.8 Å². The number of pyridine rings is 1. The number of nitrogens with zero attached hydrogens (tertiary/aromatic N) is 4. The maximum atomic E-state index is 12.8. The molecule has 28 heavy (non-hydrogen) atoms. The number of carbonyl (C=O) groups excluding carboxylic acids is 2. The van der Waals surface area contributed by atoms with Crippen molar-refractivity contribution in [2.45, 2.75) is 52.1 Å². The van der Waals surface area contributed by atoms with Crippen molar-refractivity contribution in [3.63, 3.8) is 0 Å². The number of carbonyl (C=O) groups is 2. The lowest BCUT2D eigenvalue weighted by atomic mass is 10.1. The molecule has 0 radical (unpaired) electrons. The van der Waals surface area contributed by atoms with Gasteiger partial charge >= 0.3 is 0 Å². The van der Waals surface area contributed by atoms with Crippen molar-refractivity contribution in [1.29, 1.82) is 0 Å². The Bertz CT molecular complexity index is 870. The maximum Gasteiger partial charge on any atom is 0.287 e. The fraction of sp³-hybridized carbons (Fsp3) is 0.524. The summed E-state index contributed by atoms with van der Waals surface area (Å²) in [6, 6.07) is 4.04. The van der Waals surface area contributed by atoms with Crippen LogP contribution in [0.5, 0.6) is 0 Å².